The molecule has 0 bridgehead atoms. The molecule has 0 amide bonds. The summed E-state index contributed by atoms with van der Waals surface area (Å²) >= 11 is 0. The summed E-state index contributed by atoms with van der Waals surface area (Å²) in [6.45, 7) is 4.53. The summed E-state index contributed by atoms with van der Waals surface area (Å²) in [6.07, 6.45) is 6.75. The molecule has 1 fully saturated rings. The van der Waals surface area contributed by atoms with Crippen LogP contribution in [0.5, 0.6) is 0 Å². The van der Waals surface area contributed by atoms with Crippen molar-refractivity contribution < 1.29 is 5.11 Å². The van der Waals surface area contributed by atoms with Gasteiger partial charge in [-0.15, -0.1) is 0 Å². The van der Waals surface area contributed by atoms with E-state index < -0.39 is 5.60 Å². The Morgan fingerprint density at radius 2 is 2.40 bits per heavy atom. The van der Waals surface area contributed by atoms with Crippen molar-refractivity contribution in [2.45, 2.75) is 44.9 Å². The smallest absolute Gasteiger partial charge is 0.0948 e. The first-order chi connectivity index (χ1) is 7.23. The van der Waals surface area contributed by atoms with Crippen LogP contribution in [0.4, 0.5) is 0 Å². The molecule has 0 saturated heterocycles. The third-order valence-electron chi connectivity index (χ3n) is 3.18. The van der Waals surface area contributed by atoms with E-state index in [2.05, 4.69) is 21.8 Å². The monoisotopic (exact) mass is 209 g/mol. The molecule has 1 aromatic heterocycles. The lowest BCUT2D eigenvalue weighted by atomic mass is 9.80. The van der Waals surface area contributed by atoms with Gasteiger partial charge in [0.2, 0.25) is 0 Å². The van der Waals surface area contributed by atoms with Gasteiger partial charge < -0.3 is 15.0 Å². The van der Waals surface area contributed by atoms with Crippen molar-refractivity contribution in [1.29, 1.82) is 0 Å². The van der Waals surface area contributed by atoms with Crippen molar-refractivity contribution in [3.8, 4) is 0 Å². The van der Waals surface area contributed by atoms with Crippen LogP contribution < -0.4 is 5.32 Å². The summed E-state index contributed by atoms with van der Waals surface area (Å²) in [5, 5.41) is 13.2. The molecule has 0 spiro atoms. The molecule has 0 aliphatic heterocycles. The van der Waals surface area contributed by atoms with Gasteiger partial charge in [-0.3, -0.25) is 0 Å². The summed E-state index contributed by atoms with van der Waals surface area (Å²) in [5.74, 6) is 0. The van der Waals surface area contributed by atoms with Crippen LogP contribution in [-0.4, -0.2) is 26.8 Å². The molecule has 2 rings (SSSR count). The van der Waals surface area contributed by atoms with Crippen molar-refractivity contribution in [2.75, 3.05) is 6.54 Å². The van der Waals surface area contributed by atoms with Gasteiger partial charge in [0.15, 0.2) is 0 Å². The minimum absolute atomic E-state index is 0.433. The lowest BCUT2D eigenvalue weighted by molar-refractivity contribution is -0.0315. The fourth-order valence-electron chi connectivity index (χ4n) is 1.97. The van der Waals surface area contributed by atoms with Crippen LogP contribution in [-0.2, 0) is 13.1 Å². The Balaban J connectivity index is 1.78. The summed E-state index contributed by atoms with van der Waals surface area (Å²) in [4.78, 5) is 4.10. The van der Waals surface area contributed by atoms with Crippen LogP contribution in [0, 0.1) is 0 Å². The van der Waals surface area contributed by atoms with E-state index in [0.29, 0.717) is 6.54 Å². The van der Waals surface area contributed by atoms with Crippen molar-refractivity contribution in [2.24, 2.45) is 0 Å². The van der Waals surface area contributed by atoms with E-state index in [1.54, 1.807) is 0 Å². The summed E-state index contributed by atoms with van der Waals surface area (Å²) in [7, 11) is 0. The number of hydrogen-bond donors (Lipinski definition) is 2. The average Bonchev–Trinajstić information content (AvgIpc) is 2.63. The zero-order valence-corrected chi connectivity index (χ0v) is 9.24. The molecule has 0 radical (unpaired) electrons. The minimum atomic E-state index is -0.433. The molecule has 1 aromatic rings. The Kier molecular flexibility index (Phi) is 3.07. The Labute approximate surface area is 90.3 Å². The van der Waals surface area contributed by atoms with Gasteiger partial charge in [-0.05, 0) is 26.2 Å². The number of rotatable bonds is 5. The second-order valence-electron chi connectivity index (χ2n) is 4.35. The van der Waals surface area contributed by atoms with Crippen molar-refractivity contribution in [3.63, 3.8) is 0 Å². The zero-order valence-electron chi connectivity index (χ0n) is 9.24. The normalized spacial score (nSPS) is 18.8. The van der Waals surface area contributed by atoms with E-state index in [1.807, 2.05) is 12.5 Å². The van der Waals surface area contributed by atoms with Crippen LogP contribution in [0.25, 0.3) is 0 Å². The van der Waals surface area contributed by atoms with Crippen LogP contribution in [0.3, 0.4) is 0 Å². The number of aliphatic hydroxyl groups is 1. The zero-order chi connectivity index (χ0) is 10.7. The van der Waals surface area contributed by atoms with E-state index in [4.69, 9.17) is 0 Å². The van der Waals surface area contributed by atoms with E-state index in [-0.39, 0.29) is 0 Å². The standard InChI is InChI=1S/C11H19N3O/c1-2-14-9-13-7-10(14)6-12-8-11(15)4-3-5-11/h7,9,12,15H,2-6,8H2,1H3. The highest BCUT2D eigenvalue weighted by molar-refractivity contribution is 4.98. The Morgan fingerprint density at radius 3 is 3.00 bits per heavy atom. The Bertz CT molecular complexity index is 317. The molecule has 4 heteroatoms. The number of aromatic nitrogens is 2. The molecule has 0 aromatic carbocycles. The number of imidazole rings is 1. The first-order valence-electron chi connectivity index (χ1n) is 5.66. The molecule has 84 valence electrons. The van der Waals surface area contributed by atoms with Gasteiger partial charge in [0.25, 0.3) is 0 Å². The molecule has 2 N–H and O–H groups in total. The Hall–Kier alpha value is -0.870. The highest BCUT2D eigenvalue weighted by Crippen LogP contribution is 2.30. The van der Waals surface area contributed by atoms with Crippen molar-refractivity contribution >= 4 is 0 Å². The number of aryl methyl sites for hydroxylation is 1. The number of hydrogen-bond acceptors (Lipinski definition) is 3. The second-order valence-corrected chi connectivity index (χ2v) is 4.35. The predicted molar refractivity (Wildman–Crippen MR) is 58.4 cm³/mol. The number of nitrogens with one attached hydrogen (secondary N) is 1. The molecular formula is C11H19N3O. The molecule has 0 unspecified atom stereocenters. The largest absolute Gasteiger partial charge is 0.389 e. The maximum atomic E-state index is 9.88. The van der Waals surface area contributed by atoms with E-state index in [9.17, 15) is 5.11 Å². The van der Waals surface area contributed by atoms with Crippen LogP contribution >= 0.6 is 0 Å². The maximum Gasteiger partial charge on any atom is 0.0948 e. The summed E-state index contributed by atoms with van der Waals surface area (Å²) in [5.41, 5.74) is 0.747. The summed E-state index contributed by atoms with van der Waals surface area (Å²) < 4.78 is 2.11. The van der Waals surface area contributed by atoms with E-state index in [1.165, 1.54) is 5.69 Å². The first kappa shape index (κ1) is 10.6. The lowest BCUT2D eigenvalue weighted by Crippen LogP contribution is -2.46. The maximum absolute atomic E-state index is 9.88. The van der Waals surface area contributed by atoms with Crippen LogP contribution in [0.2, 0.25) is 0 Å². The first-order valence-corrected chi connectivity index (χ1v) is 5.66. The third-order valence-corrected chi connectivity index (χ3v) is 3.18. The van der Waals surface area contributed by atoms with Gasteiger partial charge in [0, 0.05) is 25.8 Å². The second kappa shape index (κ2) is 4.33. The van der Waals surface area contributed by atoms with Gasteiger partial charge in [-0.1, -0.05) is 0 Å². The lowest BCUT2D eigenvalue weighted by Gasteiger charge is -2.36. The van der Waals surface area contributed by atoms with E-state index in [0.717, 1.165) is 32.4 Å². The van der Waals surface area contributed by atoms with Crippen molar-refractivity contribution in [1.82, 2.24) is 14.9 Å². The van der Waals surface area contributed by atoms with Crippen LogP contribution in [0.15, 0.2) is 12.5 Å². The summed E-state index contributed by atoms with van der Waals surface area (Å²) in [6, 6.07) is 0. The number of nitrogens with zero attached hydrogens (tertiary/aromatic N) is 2. The predicted octanol–water partition coefficient (Wildman–Crippen LogP) is 0.908. The topological polar surface area (TPSA) is 50.1 Å². The van der Waals surface area contributed by atoms with Gasteiger partial charge in [0.05, 0.1) is 17.6 Å². The molecule has 4 nitrogen and oxygen atoms in total. The minimum Gasteiger partial charge on any atom is -0.389 e. The van der Waals surface area contributed by atoms with Gasteiger partial charge >= 0.3 is 0 Å². The molecule has 1 heterocycles. The van der Waals surface area contributed by atoms with Gasteiger partial charge in [0.1, 0.15) is 0 Å². The molecular weight excluding hydrogens is 190 g/mol. The third kappa shape index (κ3) is 2.38. The fourth-order valence-corrected chi connectivity index (χ4v) is 1.97. The molecule has 1 aliphatic rings. The van der Waals surface area contributed by atoms with E-state index >= 15 is 0 Å². The molecule has 1 aliphatic carbocycles. The van der Waals surface area contributed by atoms with Crippen LogP contribution in [0.1, 0.15) is 31.9 Å². The molecule has 15 heavy (non-hydrogen) atoms. The molecule has 1 saturated carbocycles. The SMILES string of the molecule is CCn1cncc1CNCC1(O)CCC1. The highest BCUT2D eigenvalue weighted by Gasteiger charge is 2.33. The van der Waals surface area contributed by atoms with Gasteiger partial charge in [-0.2, -0.15) is 0 Å². The molecule has 0 atom stereocenters. The average molecular weight is 209 g/mol. The van der Waals surface area contributed by atoms with Gasteiger partial charge in [-0.25, -0.2) is 4.98 Å². The quantitative estimate of drug-likeness (QED) is 0.757. The highest BCUT2D eigenvalue weighted by atomic mass is 16.3. The fraction of sp³-hybridized carbons (Fsp3) is 0.727. The van der Waals surface area contributed by atoms with Crippen molar-refractivity contribution in [3.05, 3.63) is 18.2 Å². The Morgan fingerprint density at radius 1 is 1.60 bits per heavy atom.